The normalized spacial score (nSPS) is 16.9. The van der Waals surface area contributed by atoms with Gasteiger partial charge in [0, 0.05) is 12.8 Å². The Morgan fingerprint density at radius 3 is 1.96 bits per heavy atom. The van der Waals surface area contributed by atoms with Crippen LogP contribution in [0.1, 0.15) is 56.1 Å². The molecule has 2 aliphatic carbocycles. The number of carbonyl (C=O) groups excluding carboxylic acids is 1. The molecule has 3 N–H and O–H groups in total. The van der Waals surface area contributed by atoms with Gasteiger partial charge in [0.05, 0.1) is 0 Å². The largest absolute Gasteiger partial charge is 0.481 e. The maximum absolute atomic E-state index is 12.6. The van der Waals surface area contributed by atoms with E-state index in [1.54, 1.807) is 0 Å². The fourth-order valence-corrected chi connectivity index (χ4v) is 4.13. The maximum Gasteiger partial charge on any atom is 0.326 e. The van der Waals surface area contributed by atoms with Crippen molar-refractivity contribution in [3.63, 3.8) is 0 Å². The van der Waals surface area contributed by atoms with Gasteiger partial charge in [-0.05, 0) is 35.1 Å². The molecular formula is C23H27NO4. The molecule has 0 radical (unpaired) electrons. The number of carbonyl (C=O) groups is 2. The van der Waals surface area contributed by atoms with E-state index < -0.39 is 11.5 Å². The van der Waals surface area contributed by atoms with E-state index in [-0.39, 0.29) is 11.9 Å². The van der Waals surface area contributed by atoms with E-state index in [2.05, 4.69) is 36.4 Å². The van der Waals surface area contributed by atoms with Crippen LogP contribution in [0.5, 0.6) is 0 Å². The molecule has 0 unspecified atom stereocenters. The quantitative estimate of drug-likeness (QED) is 0.782. The minimum absolute atomic E-state index is 0.105. The minimum Gasteiger partial charge on any atom is -0.481 e. The Kier molecular flexibility index (Phi) is 6.15. The number of benzene rings is 2. The van der Waals surface area contributed by atoms with Crippen molar-refractivity contribution < 1.29 is 19.4 Å². The molecule has 5 nitrogen and oxygen atoms in total. The van der Waals surface area contributed by atoms with E-state index in [1.165, 1.54) is 22.3 Å². The van der Waals surface area contributed by atoms with Crippen molar-refractivity contribution in [2.24, 2.45) is 5.73 Å². The zero-order valence-electron chi connectivity index (χ0n) is 16.2. The van der Waals surface area contributed by atoms with Gasteiger partial charge in [-0.2, -0.15) is 0 Å². The third kappa shape index (κ3) is 4.25. The van der Waals surface area contributed by atoms with Crippen molar-refractivity contribution in [1.82, 2.24) is 0 Å². The molecule has 0 bridgehead atoms. The number of nitrogens with two attached hydrogens (primary N) is 1. The summed E-state index contributed by atoms with van der Waals surface area (Å²) in [7, 11) is 0. The summed E-state index contributed by atoms with van der Waals surface area (Å²) >= 11 is 0. The lowest BCUT2D eigenvalue weighted by Gasteiger charge is -2.31. The maximum atomic E-state index is 12.6. The van der Waals surface area contributed by atoms with Crippen LogP contribution in [0.4, 0.5) is 0 Å². The van der Waals surface area contributed by atoms with Crippen molar-refractivity contribution in [3.8, 4) is 11.1 Å². The average molecular weight is 381 g/mol. The molecule has 0 atom stereocenters. The van der Waals surface area contributed by atoms with Crippen LogP contribution in [0.15, 0.2) is 48.5 Å². The monoisotopic (exact) mass is 381 g/mol. The van der Waals surface area contributed by atoms with Crippen molar-refractivity contribution in [1.29, 1.82) is 0 Å². The zero-order valence-corrected chi connectivity index (χ0v) is 16.2. The average Bonchev–Trinajstić information content (AvgIpc) is 3.00. The third-order valence-corrected chi connectivity index (χ3v) is 5.50. The molecule has 1 saturated carbocycles. The number of rotatable bonds is 3. The molecule has 2 aromatic carbocycles. The number of aliphatic carboxylic acids is 1. The molecule has 0 spiro atoms. The number of fused-ring (bicyclic) bond motifs is 3. The van der Waals surface area contributed by atoms with Crippen LogP contribution in [0, 0.1) is 0 Å². The van der Waals surface area contributed by atoms with Crippen LogP contribution < -0.4 is 5.73 Å². The van der Waals surface area contributed by atoms with Crippen LogP contribution in [-0.4, -0.2) is 29.2 Å². The fraction of sp³-hybridized carbons (Fsp3) is 0.391. The van der Waals surface area contributed by atoms with Crippen molar-refractivity contribution in [2.75, 3.05) is 6.61 Å². The van der Waals surface area contributed by atoms with Crippen LogP contribution in [0.3, 0.4) is 0 Å². The second-order valence-corrected chi connectivity index (χ2v) is 7.56. The van der Waals surface area contributed by atoms with E-state index in [4.69, 9.17) is 20.4 Å². The molecule has 2 aromatic rings. The molecule has 4 rings (SSSR count). The smallest absolute Gasteiger partial charge is 0.326 e. The van der Waals surface area contributed by atoms with E-state index in [0.29, 0.717) is 6.61 Å². The van der Waals surface area contributed by atoms with Gasteiger partial charge in [-0.1, -0.05) is 67.8 Å². The van der Waals surface area contributed by atoms with Crippen molar-refractivity contribution in [2.45, 2.75) is 50.5 Å². The summed E-state index contributed by atoms with van der Waals surface area (Å²) < 4.78 is 5.72. The molecule has 1 fully saturated rings. The van der Waals surface area contributed by atoms with Gasteiger partial charge in [0.1, 0.15) is 12.1 Å². The van der Waals surface area contributed by atoms with E-state index in [0.717, 1.165) is 39.0 Å². The van der Waals surface area contributed by atoms with Gasteiger partial charge in [0.25, 0.3) is 5.97 Å². The molecule has 0 saturated heterocycles. The lowest BCUT2D eigenvalue weighted by molar-refractivity contribution is -0.151. The topological polar surface area (TPSA) is 89.6 Å². The van der Waals surface area contributed by atoms with Crippen LogP contribution in [0.25, 0.3) is 11.1 Å². The number of carboxylic acids is 1. The Morgan fingerprint density at radius 2 is 1.46 bits per heavy atom. The summed E-state index contributed by atoms with van der Waals surface area (Å²) in [5.74, 6) is -0.961. The summed E-state index contributed by atoms with van der Waals surface area (Å²) in [5, 5.41) is 7.42. The highest BCUT2D eigenvalue weighted by atomic mass is 16.5. The summed E-state index contributed by atoms with van der Waals surface area (Å²) in [6, 6.07) is 16.8. The first kappa shape index (κ1) is 20.1. The summed E-state index contributed by atoms with van der Waals surface area (Å²) in [4.78, 5) is 21.6. The Hall–Kier alpha value is -2.66. The molecule has 0 aromatic heterocycles. The highest BCUT2D eigenvalue weighted by molar-refractivity contribution is 5.82. The van der Waals surface area contributed by atoms with Gasteiger partial charge in [-0.25, -0.2) is 0 Å². The molecule has 148 valence electrons. The van der Waals surface area contributed by atoms with E-state index in [9.17, 15) is 4.79 Å². The Balaban J connectivity index is 0.000000516. The first-order valence-electron chi connectivity index (χ1n) is 9.76. The van der Waals surface area contributed by atoms with Gasteiger partial charge in [-0.3, -0.25) is 9.59 Å². The number of hydrogen-bond acceptors (Lipinski definition) is 4. The molecule has 0 amide bonds. The summed E-state index contributed by atoms with van der Waals surface area (Å²) in [6.45, 7) is 1.45. The molecule has 5 heteroatoms. The Bertz CT molecular complexity index is 806. The number of ether oxygens (including phenoxy) is 1. The molecule has 2 aliphatic rings. The standard InChI is InChI=1S/C21H23NO2.C2H4O2/c22-21(12-6-1-7-13-21)20(23)24-14-19-17-10-4-2-8-15(17)16-9-3-5-11-18(16)19;1-2(3)4/h2-5,8-11,19H,1,6-7,12-14,22H2;1H3,(H,3,4). The second-order valence-electron chi connectivity index (χ2n) is 7.56. The number of esters is 1. The number of carboxylic acid groups (broad SMARTS) is 1. The van der Waals surface area contributed by atoms with Gasteiger partial charge >= 0.3 is 5.97 Å². The lowest BCUT2D eigenvalue weighted by atomic mass is 9.82. The summed E-state index contributed by atoms with van der Waals surface area (Å²) in [6.07, 6.45) is 4.67. The molecule has 0 heterocycles. The lowest BCUT2D eigenvalue weighted by Crippen LogP contribution is -2.50. The fourth-order valence-electron chi connectivity index (χ4n) is 4.13. The van der Waals surface area contributed by atoms with Gasteiger partial charge in [-0.15, -0.1) is 0 Å². The molecular weight excluding hydrogens is 354 g/mol. The van der Waals surface area contributed by atoms with Crippen molar-refractivity contribution >= 4 is 11.9 Å². The van der Waals surface area contributed by atoms with E-state index in [1.807, 2.05) is 12.1 Å². The first-order valence-corrected chi connectivity index (χ1v) is 9.76. The highest BCUT2D eigenvalue weighted by Gasteiger charge is 2.38. The predicted octanol–water partition coefficient (Wildman–Crippen LogP) is 4.09. The van der Waals surface area contributed by atoms with Crippen LogP contribution in [-0.2, 0) is 14.3 Å². The van der Waals surface area contributed by atoms with Crippen molar-refractivity contribution in [3.05, 3.63) is 59.7 Å². The highest BCUT2D eigenvalue weighted by Crippen LogP contribution is 2.44. The zero-order chi connectivity index (χ0) is 20.1. The number of hydrogen-bond donors (Lipinski definition) is 2. The van der Waals surface area contributed by atoms with Gasteiger partial charge < -0.3 is 15.6 Å². The third-order valence-electron chi connectivity index (χ3n) is 5.50. The van der Waals surface area contributed by atoms with E-state index >= 15 is 0 Å². The van der Waals surface area contributed by atoms with Gasteiger partial charge in [0.2, 0.25) is 0 Å². The summed E-state index contributed by atoms with van der Waals surface area (Å²) in [5.41, 5.74) is 10.5. The molecule has 0 aliphatic heterocycles. The van der Waals surface area contributed by atoms with Crippen LogP contribution in [0.2, 0.25) is 0 Å². The Morgan fingerprint density at radius 1 is 1.00 bits per heavy atom. The predicted molar refractivity (Wildman–Crippen MR) is 108 cm³/mol. The second kappa shape index (κ2) is 8.57. The molecule has 28 heavy (non-hydrogen) atoms. The minimum atomic E-state index is -0.833. The first-order chi connectivity index (χ1) is 13.4. The van der Waals surface area contributed by atoms with Gasteiger partial charge in [0.15, 0.2) is 0 Å². The van der Waals surface area contributed by atoms with Crippen LogP contribution >= 0.6 is 0 Å². The SMILES string of the molecule is CC(=O)O.NC1(C(=O)OCC2c3ccccc3-c3ccccc32)CCCCC1. The Labute approximate surface area is 165 Å².